The fraction of sp³-hybridized carbons (Fsp3) is 0.412. The number of amides is 1. The predicted molar refractivity (Wildman–Crippen MR) is 92.6 cm³/mol. The molecule has 0 N–H and O–H groups in total. The number of hydrogen-bond acceptors (Lipinski definition) is 6. The molecular formula is C17H19N5O2S. The van der Waals surface area contributed by atoms with Crippen LogP contribution < -0.4 is 0 Å². The van der Waals surface area contributed by atoms with E-state index in [4.69, 9.17) is 4.52 Å². The first-order chi connectivity index (χ1) is 12.2. The second-order valence-corrected chi connectivity index (χ2v) is 7.01. The van der Waals surface area contributed by atoms with Gasteiger partial charge in [-0.25, -0.2) is 9.97 Å². The number of carbonyl (C=O) groups excluding carboxylic acids is 1. The lowest BCUT2D eigenvalue weighted by atomic mass is 9.95. The van der Waals surface area contributed by atoms with Crippen LogP contribution in [0.25, 0.3) is 0 Å². The Morgan fingerprint density at radius 1 is 1.36 bits per heavy atom. The Morgan fingerprint density at radius 2 is 2.20 bits per heavy atom. The molecule has 0 aliphatic carbocycles. The normalized spacial score (nSPS) is 15.6. The van der Waals surface area contributed by atoms with E-state index in [1.54, 1.807) is 17.4 Å². The predicted octanol–water partition coefficient (Wildman–Crippen LogP) is 2.70. The smallest absolute Gasteiger partial charge is 0.292 e. The van der Waals surface area contributed by atoms with Gasteiger partial charge in [0.05, 0.1) is 23.4 Å². The van der Waals surface area contributed by atoms with Gasteiger partial charge in [0.1, 0.15) is 5.82 Å². The van der Waals surface area contributed by atoms with Crippen LogP contribution in [0.5, 0.6) is 0 Å². The zero-order valence-corrected chi connectivity index (χ0v) is 14.8. The zero-order chi connectivity index (χ0) is 17.2. The number of thiazole rings is 1. The Kier molecular flexibility index (Phi) is 4.35. The zero-order valence-electron chi connectivity index (χ0n) is 14.0. The van der Waals surface area contributed by atoms with Crippen molar-refractivity contribution in [2.45, 2.75) is 32.2 Å². The van der Waals surface area contributed by atoms with Gasteiger partial charge in [0.25, 0.3) is 5.91 Å². The van der Waals surface area contributed by atoms with E-state index in [9.17, 15) is 4.79 Å². The molecule has 0 saturated carbocycles. The van der Waals surface area contributed by atoms with Crippen molar-refractivity contribution in [1.29, 1.82) is 0 Å². The minimum Gasteiger partial charge on any atom is -0.351 e. The van der Waals surface area contributed by atoms with Crippen LogP contribution >= 0.6 is 11.3 Å². The van der Waals surface area contributed by atoms with E-state index in [0.29, 0.717) is 24.8 Å². The summed E-state index contributed by atoms with van der Waals surface area (Å²) < 4.78 is 7.26. The maximum absolute atomic E-state index is 12.4. The van der Waals surface area contributed by atoms with Crippen LogP contribution in [0.2, 0.25) is 0 Å². The van der Waals surface area contributed by atoms with Crippen molar-refractivity contribution >= 4 is 17.2 Å². The van der Waals surface area contributed by atoms with Gasteiger partial charge in [-0.2, -0.15) is 0 Å². The Bertz CT molecular complexity index is 846. The fourth-order valence-electron chi connectivity index (χ4n) is 3.27. The summed E-state index contributed by atoms with van der Waals surface area (Å²) in [6.45, 7) is 3.96. The summed E-state index contributed by atoms with van der Waals surface area (Å²) in [6.07, 6.45) is 5.64. The van der Waals surface area contributed by atoms with E-state index in [1.165, 1.54) is 0 Å². The molecular weight excluding hydrogens is 338 g/mol. The molecule has 1 aliphatic rings. The molecule has 8 heteroatoms. The number of nitrogens with zero attached hydrogens (tertiary/aromatic N) is 5. The first-order valence-electron chi connectivity index (χ1n) is 8.31. The van der Waals surface area contributed by atoms with E-state index in [-0.39, 0.29) is 5.91 Å². The van der Waals surface area contributed by atoms with Crippen molar-refractivity contribution in [2.24, 2.45) is 0 Å². The second kappa shape index (κ2) is 6.79. The molecule has 4 rings (SSSR count). The fourth-order valence-corrected chi connectivity index (χ4v) is 3.82. The number of carbonyl (C=O) groups is 1. The number of piperidine rings is 1. The highest BCUT2D eigenvalue weighted by atomic mass is 32.1. The minimum absolute atomic E-state index is 0.0788. The molecule has 130 valence electrons. The van der Waals surface area contributed by atoms with Gasteiger partial charge in [-0.15, -0.1) is 11.3 Å². The molecule has 7 nitrogen and oxygen atoms in total. The summed E-state index contributed by atoms with van der Waals surface area (Å²) in [4.78, 5) is 23.2. The third kappa shape index (κ3) is 3.34. The highest BCUT2D eigenvalue weighted by molar-refractivity contribution is 7.07. The molecule has 1 amide bonds. The molecule has 0 bridgehead atoms. The van der Waals surface area contributed by atoms with Gasteiger partial charge >= 0.3 is 0 Å². The molecule has 25 heavy (non-hydrogen) atoms. The first-order valence-corrected chi connectivity index (χ1v) is 9.25. The van der Waals surface area contributed by atoms with Crippen molar-refractivity contribution < 1.29 is 9.32 Å². The highest BCUT2D eigenvalue weighted by Crippen LogP contribution is 2.28. The van der Waals surface area contributed by atoms with Crippen LogP contribution in [-0.4, -0.2) is 43.6 Å². The Hall–Kier alpha value is -2.48. The van der Waals surface area contributed by atoms with Gasteiger partial charge in [-0.05, 0) is 19.8 Å². The summed E-state index contributed by atoms with van der Waals surface area (Å²) in [5, 5.41) is 5.85. The van der Waals surface area contributed by atoms with Gasteiger partial charge in [0, 0.05) is 42.8 Å². The topological polar surface area (TPSA) is 77.0 Å². The molecule has 1 fully saturated rings. The van der Waals surface area contributed by atoms with Crippen molar-refractivity contribution in [3.8, 4) is 0 Å². The van der Waals surface area contributed by atoms with E-state index in [1.807, 2.05) is 29.7 Å². The van der Waals surface area contributed by atoms with Crippen LogP contribution in [0.1, 0.15) is 46.5 Å². The number of imidazole rings is 1. The molecule has 0 unspecified atom stereocenters. The summed E-state index contributed by atoms with van der Waals surface area (Å²) in [7, 11) is 0. The Morgan fingerprint density at radius 3 is 2.88 bits per heavy atom. The van der Waals surface area contributed by atoms with Crippen LogP contribution in [0.15, 0.2) is 33.9 Å². The number of likely N-dealkylation sites (tertiary alicyclic amines) is 1. The lowest BCUT2D eigenvalue weighted by Crippen LogP contribution is -2.38. The van der Waals surface area contributed by atoms with Crippen molar-refractivity contribution in [1.82, 2.24) is 24.6 Å². The summed E-state index contributed by atoms with van der Waals surface area (Å²) in [6, 6.07) is 1.69. The van der Waals surface area contributed by atoms with E-state index < -0.39 is 0 Å². The number of rotatable bonds is 4. The van der Waals surface area contributed by atoms with Gasteiger partial charge < -0.3 is 14.0 Å². The second-order valence-electron chi connectivity index (χ2n) is 6.29. The van der Waals surface area contributed by atoms with Crippen LogP contribution in [0.4, 0.5) is 0 Å². The van der Waals surface area contributed by atoms with E-state index >= 15 is 0 Å². The summed E-state index contributed by atoms with van der Waals surface area (Å²) in [5.41, 5.74) is 3.63. The van der Waals surface area contributed by atoms with E-state index in [0.717, 1.165) is 36.6 Å². The quantitative estimate of drug-likeness (QED) is 0.717. The largest absolute Gasteiger partial charge is 0.351 e. The SMILES string of the molecule is Cc1cc(C(=O)N2CCC(c3nccn3Cc3cscn3)CC2)on1. The van der Waals surface area contributed by atoms with Gasteiger partial charge in [-0.1, -0.05) is 5.16 Å². The minimum atomic E-state index is -0.0788. The third-order valence-corrected chi connectivity index (χ3v) is 5.18. The maximum Gasteiger partial charge on any atom is 0.292 e. The molecule has 3 aromatic heterocycles. The Labute approximate surface area is 149 Å². The molecule has 3 aromatic rings. The highest BCUT2D eigenvalue weighted by Gasteiger charge is 2.28. The molecule has 1 saturated heterocycles. The van der Waals surface area contributed by atoms with Crippen molar-refractivity contribution in [3.63, 3.8) is 0 Å². The molecule has 1 aliphatic heterocycles. The van der Waals surface area contributed by atoms with Gasteiger partial charge in [0.15, 0.2) is 0 Å². The van der Waals surface area contributed by atoms with Gasteiger partial charge in [-0.3, -0.25) is 4.79 Å². The van der Waals surface area contributed by atoms with Crippen LogP contribution in [-0.2, 0) is 6.54 Å². The number of hydrogen-bond donors (Lipinski definition) is 0. The lowest BCUT2D eigenvalue weighted by Gasteiger charge is -2.31. The molecule has 4 heterocycles. The van der Waals surface area contributed by atoms with E-state index in [2.05, 4.69) is 25.1 Å². The standard InChI is InChI=1S/C17H19N5O2S/c1-12-8-15(24-20-12)17(23)21-5-2-13(3-6-21)16-18-4-7-22(16)9-14-10-25-11-19-14/h4,7-8,10-11,13H,2-3,5-6,9H2,1H3. The summed E-state index contributed by atoms with van der Waals surface area (Å²) >= 11 is 1.60. The Balaban J connectivity index is 1.41. The lowest BCUT2D eigenvalue weighted by molar-refractivity contribution is 0.0668. The molecule has 0 spiro atoms. The van der Waals surface area contributed by atoms with Crippen LogP contribution in [0.3, 0.4) is 0 Å². The average Bonchev–Trinajstić information content (AvgIpc) is 3.37. The maximum atomic E-state index is 12.4. The number of aromatic nitrogens is 4. The third-order valence-electron chi connectivity index (χ3n) is 4.55. The summed E-state index contributed by atoms with van der Waals surface area (Å²) in [5.74, 6) is 1.68. The molecule has 0 aromatic carbocycles. The number of aryl methyl sites for hydroxylation is 1. The van der Waals surface area contributed by atoms with Crippen LogP contribution in [0, 0.1) is 6.92 Å². The molecule has 0 atom stereocenters. The first kappa shape index (κ1) is 16.0. The van der Waals surface area contributed by atoms with Crippen molar-refractivity contribution in [2.75, 3.05) is 13.1 Å². The van der Waals surface area contributed by atoms with Gasteiger partial charge in [0.2, 0.25) is 5.76 Å². The average molecular weight is 357 g/mol. The monoisotopic (exact) mass is 357 g/mol. The van der Waals surface area contributed by atoms with Crippen molar-refractivity contribution in [3.05, 3.63) is 52.3 Å². The molecule has 0 radical (unpaired) electrons.